The lowest BCUT2D eigenvalue weighted by atomic mass is 10.3. The lowest BCUT2D eigenvalue weighted by molar-refractivity contribution is 0.547. The van der Waals surface area contributed by atoms with E-state index < -0.39 is 0 Å². The van der Waals surface area contributed by atoms with Crippen LogP contribution in [-0.2, 0) is 0 Å². The van der Waals surface area contributed by atoms with Gasteiger partial charge in [-0.15, -0.1) is 11.3 Å². The van der Waals surface area contributed by atoms with E-state index in [2.05, 4.69) is 9.97 Å². The summed E-state index contributed by atoms with van der Waals surface area (Å²) in [6.45, 7) is 1.93. The summed E-state index contributed by atoms with van der Waals surface area (Å²) < 4.78 is 5.53. The van der Waals surface area contributed by atoms with E-state index in [0.717, 1.165) is 27.9 Å². The third-order valence-electron chi connectivity index (χ3n) is 2.34. The number of aromatic amines is 1. The summed E-state index contributed by atoms with van der Waals surface area (Å²) in [5.41, 5.74) is 0.913. The van der Waals surface area contributed by atoms with Crippen LogP contribution in [0.3, 0.4) is 0 Å². The fourth-order valence-corrected chi connectivity index (χ4v) is 2.24. The third-order valence-corrected chi connectivity index (χ3v) is 3.21. The molecule has 3 rings (SSSR count). The van der Waals surface area contributed by atoms with Gasteiger partial charge >= 0.3 is 0 Å². The minimum Gasteiger partial charge on any atom is -0.460 e. The van der Waals surface area contributed by atoms with Crippen molar-refractivity contribution < 1.29 is 4.42 Å². The number of aryl methyl sites for hydroxylation is 1. The average molecular weight is 230 g/mol. The quantitative estimate of drug-likeness (QED) is 0.729. The van der Waals surface area contributed by atoms with E-state index in [-0.39, 0.29) is 0 Å². The van der Waals surface area contributed by atoms with Crippen LogP contribution in [-0.4, -0.2) is 9.97 Å². The summed E-state index contributed by atoms with van der Waals surface area (Å²) in [7, 11) is 0. The number of H-pyrrole nitrogens is 1. The maximum Gasteiger partial charge on any atom is 0.152 e. The second-order valence-corrected chi connectivity index (χ2v) is 4.48. The first-order valence-electron chi connectivity index (χ1n) is 4.98. The van der Waals surface area contributed by atoms with Crippen LogP contribution in [0.1, 0.15) is 5.76 Å². The normalized spacial score (nSPS) is 10.8. The molecule has 1 N–H and O–H groups in total. The van der Waals surface area contributed by atoms with Gasteiger partial charge in [-0.3, -0.25) is 0 Å². The van der Waals surface area contributed by atoms with Gasteiger partial charge in [-0.05, 0) is 30.5 Å². The highest BCUT2D eigenvalue weighted by Crippen LogP contribution is 2.26. The summed E-state index contributed by atoms with van der Waals surface area (Å²) in [6.07, 6.45) is 1.80. The molecule has 4 heteroatoms. The lowest BCUT2D eigenvalue weighted by Gasteiger charge is -1.91. The Labute approximate surface area is 96.8 Å². The molecule has 0 saturated carbocycles. The zero-order chi connectivity index (χ0) is 11.0. The van der Waals surface area contributed by atoms with E-state index in [1.165, 1.54) is 0 Å². The van der Waals surface area contributed by atoms with E-state index in [9.17, 15) is 0 Å². The minimum absolute atomic E-state index is 0.827. The second-order valence-electron chi connectivity index (χ2n) is 3.53. The standard InChI is InChI=1S/C12H10N2OS/c1-8-4-5-10(15-8)9-7-13-12(14-9)11-3-2-6-16-11/h2-7H,1H3,(H,13,14). The molecule has 0 aliphatic rings. The first kappa shape index (κ1) is 9.42. The van der Waals surface area contributed by atoms with Crippen molar-refractivity contribution >= 4 is 11.3 Å². The van der Waals surface area contributed by atoms with Gasteiger partial charge in [-0.1, -0.05) is 6.07 Å². The number of thiophene rings is 1. The Balaban J connectivity index is 2.00. The van der Waals surface area contributed by atoms with Gasteiger partial charge in [0.2, 0.25) is 0 Å². The molecule has 3 aromatic heterocycles. The molecule has 16 heavy (non-hydrogen) atoms. The highest BCUT2D eigenvalue weighted by molar-refractivity contribution is 7.13. The Kier molecular flexibility index (Phi) is 2.15. The number of furan rings is 1. The SMILES string of the molecule is Cc1ccc(-c2cnc(-c3cccs3)[nH]2)o1. The molecule has 80 valence electrons. The Bertz CT molecular complexity index is 592. The molecular weight excluding hydrogens is 220 g/mol. The van der Waals surface area contributed by atoms with Crippen molar-refractivity contribution in [1.29, 1.82) is 0 Å². The summed E-state index contributed by atoms with van der Waals surface area (Å²) in [5, 5.41) is 2.04. The second kappa shape index (κ2) is 3.64. The fourth-order valence-electron chi connectivity index (χ4n) is 1.56. The Hall–Kier alpha value is -1.81. The molecule has 0 fully saturated rings. The van der Waals surface area contributed by atoms with Crippen molar-refractivity contribution in [2.24, 2.45) is 0 Å². The van der Waals surface area contributed by atoms with Gasteiger partial charge in [0.05, 0.1) is 11.1 Å². The number of nitrogens with one attached hydrogen (secondary N) is 1. The summed E-state index contributed by atoms with van der Waals surface area (Å²) in [4.78, 5) is 8.72. The van der Waals surface area contributed by atoms with Crippen molar-refractivity contribution in [3.63, 3.8) is 0 Å². The molecule has 0 amide bonds. The zero-order valence-electron chi connectivity index (χ0n) is 8.73. The Morgan fingerprint density at radius 2 is 2.25 bits per heavy atom. The van der Waals surface area contributed by atoms with E-state index in [4.69, 9.17) is 4.42 Å². The predicted molar refractivity (Wildman–Crippen MR) is 64.3 cm³/mol. The Morgan fingerprint density at radius 3 is 2.94 bits per heavy atom. The van der Waals surface area contributed by atoms with Gasteiger partial charge in [0.25, 0.3) is 0 Å². The molecule has 0 aromatic carbocycles. The van der Waals surface area contributed by atoms with E-state index in [0.29, 0.717) is 0 Å². The van der Waals surface area contributed by atoms with Gasteiger partial charge in [0.1, 0.15) is 17.3 Å². The largest absolute Gasteiger partial charge is 0.460 e. The van der Waals surface area contributed by atoms with Crippen LogP contribution in [0.15, 0.2) is 40.3 Å². The lowest BCUT2D eigenvalue weighted by Crippen LogP contribution is -1.75. The molecule has 0 saturated heterocycles. The summed E-state index contributed by atoms with van der Waals surface area (Å²) in [5.74, 6) is 2.62. The maximum absolute atomic E-state index is 5.53. The molecule has 3 heterocycles. The van der Waals surface area contributed by atoms with E-state index in [1.54, 1.807) is 17.5 Å². The number of hydrogen-bond acceptors (Lipinski definition) is 3. The monoisotopic (exact) mass is 230 g/mol. The van der Waals surface area contributed by atoms with Crippen LogP contribution >= 0.6 is 11.3 Å². The van der Waals surface area contributed by atoms with Crippen LogP contribution in [0.4, 0.5) is 0 Å². The molecule has 0 radical (unpaired) electrons. The highest BCUT2D eigenvalue weighted by Gasteiger charge is 2.08. The molecule has 3 nitrogen and oxygen atoms in total. The Morgan fingerprint density at radius 1 is 1.31 bits per heavy atom. The molecule has 3 aromatic rings. The van der Waals surface area contributed by atoms with Gasteiger partial charge in [0.15, 0.2) is 5.76 Å². The summed E-state index contributed by atoms with van der Waals surface area (Å²) in [6, 6.07) is 7.95. The number of imidazole rings is 1. The molecule has 0 spiro atoms. The number of aromatic nitrogens is 2. The number of rotatable bonds is 2. The van der Waals surface area contributed by atoms with E-state index in [1.807, 2.05) is 36.6 Å². The van der Waals surface area contributed by atoms with Gasteiger partial charge in [-0.25, -0.2) is 4.98 Å². The topological polar surface area (TPSA) is 41.8 Å². The first-order chi connectivity index (χ1) is 7.83. The van der Waals surface area contributed by atoms with Crippen LogP contribution in [0.5, 0.6) is 0 Å². The highest BCUT2D eigenvalue weighted by atomic mass is 32.1. The molecule has 0 aliphatic carbocycles. The van der Waals surface area contributed by atoms with Crippen LogP contribution in [0, 0.1) is 6.92 Å². The van der Waals surface area contributed by atoms with E-state index >= 15 is 0 Å². The minimum atomic E-state index is 0.827. The van der Waals surface area contributed by atoms with Gasteiger partial charge < -0.3 is 9.40 Å². The third kappa shape index (κ3) is 1.57. The molecule has 0 aliphatic heterocycles. The maximum atomic E-state index is 5.53. The van der Waals surface area contributed by atoms with Crippen LogP contribution in [0.2, 0.25) is 0 Å². The van der Waals surface area contributed by atoms with Crippen molar-refractivity contribution in [3.05, 3.63) is 41.6 Å². The van der Waals surface area contributed by atoms with Crippen LogP contribution in [0.25, 0.3) is 22.2 Å². The molecule has 0 bridgehead atoms. The molecule has 0 unspecified atom stereocenters. The number of nitrogens with zero attached hydrogens (tertiary/aromatic N) is 1. The first-order valence-corrected chi connectivity index (χ1v) is 5.86. The summed E-state index contributed by atoms with van der Waals surface area (Å²) >= 11 is 1.67. The molecule has 0 atom stereocenters. The van der Waals surface area contributed by atoms with Crippen molar-refractivity contribution in [3.8, 4) is 22.2 Å². The van der Waals surface area contributed by atoms with Crippen molar-refractivity contribution in [1.82, 2.24) is 9.97 Å². The molecular formula is C12H10N2OS. The van der Waals surface area contributed by atoms with Gasteiger partial charge in [-0.2, -0.15) is 0 Å². The van der Waals surface area contributed by atoms with Crippen molar-refractivity contribution in [2.45, 2.75) is 6.92 Å². The predicted octanol–water partition coefficient (Wildman–Crippen LogP) is 3.71. The van der Waals surface area contributed by atoms with Crippen LogP contribution < -0.4 is 0 Å². The fraction of sp³-hybridized carbons (Fsp3) is 0.0833. The smallest absolute Gasteiger partial charge is 0.152 e. The average Bonchev–Trinajstić information content (AvgIpc) is 2.97. The number of hydrogen-bond donors (Lipinski definition) is 1. The zero-order valence-corrected chi connectivity index (χ0v) is 9.54. The van der Waals surface area contributed by atoms with Gasteiger partial charge in [0, 0.05) is 0 Å². The van der Waals surface area contributed by atoms with Crippen molar-refractivity contribution in [2.75, 3.05) is 0 Å².